The molecule has 0 unspecified atom stereocenters. The van der Waals surface area contributed by atoms with Crippen molar-refractivity contribution in [2.45, 2.75) is 25.9 Å². The Morgan fingerprint density at radius 1 is 1.38 bits per heavy atom. The zero-order valence-electron chi connectivity index (χ0n) is 7.65. The lowest BCUT2D eigenvalue weighted by Crippen LogP contribution is -2.11. The van der Waals surface area contributed by atoms with E-state index in [1.165, 1.54) is 7.05 Å². The summed E-state index contributed by atoms with van der Waals surface area (Å²) >= 11 is 0. The second-order valence-electron chi connectivity index (χ2n) is 3.25. The average molecular weight is 191 g/mol. The first-order valence-electron chi connectivity index (χ1n) is 4.17. The fourth-order valence-corrected chi connectivity index (χ4v) is 1.05. The van der Waals surface area contributed by atoms with Gasteiger partial charge in [-0.15, -0.1) is 0 Å². The van der Waals surface area contributed by atoms with Crippen molar-refractivity contribution in [1.82, 2.24) is 0 Å². The van der Waals surface area contributed by atoms with E-state index in [2.05, 4.69) is 4.99 Å². The van der Waals surface area contributed by atoms with E-state index in [0.29, 0.717) is 5.71 Å². The highest BCUT2D eigenvalue weighted by Gasteiger charge is 2.32. The van der Waals surface area contributed by atoms with E-state index in [9.17, 15) is 13.2 Å². The number of hydrogen-bond donors (Lipinski definition) is 0. The topological polar surface area (TPSA) is 12.4 Å². The van der Waals surface area contributed by atoms with E-state index in [4.69, 9.17) is 0 Å². The molecule has 0 N–H and O–H groups in total. The quantitative estimate of drug-likeness (QED) is 0.595. The number of allylic oxidation sites excluding steroid dienone is 2. The highest BCUT2D eigenvalue weighted by molar-refractivity contribution is 5.98. The normalized spacial score (nSPS) is 20.7. The first-order chi connectivity index (χ1) is 5.95. The molecule has 0 heterocycles. The molecule has 1 rings (SSSR count). The number of nitrogens with zero attached hydrogens (tertiary/aromatic N) is 1. The van der Waals surface area contributed by atoms with Crippen molar-refractivity contribution in [3.63, 3.8) is 0 Å². The lowest BCUT2D eigenvalue weighted by atomic mass is 10.1. The number of halogens is 3. The van der Waals surface area contributed by atoms with Crippen LogP contribution in [-0.2, 0) is 0 Å². The molecule has 1 saturated carbocycles. The van der Waals surface area contributed by atoms with E-state index in [-0.39, 0.29) is 5.92 Å². The van der Waals surface area contributed by atoms with Crippen LogP contribution in [0, 0.1) is 5.92 Å². The van der Waals surface area contributed by atoms with Gasteiger partial charge in [-0.3, -0.25) is 4.99 Å². The second-order valence-corrected chi connectivity index (χ2v) is 3.25. The molecule has 13 heavy (non-hydrogen) atoms. The lowest BCUT2D eigenvalue weighted by molar-refractivity contribution is -0.0912. The van der Waals surface area contributed by atoms with Crippen LogP contribution < -0.4 is 0 Å². The van der Waals surface area contributed by atoms with Crippen molar-refractivity contribution in [2.75, 3.05) is 7.05 Å². The van der Waals surface area contributed by atoms with E-state index in [1.54, 1.807) is 0 Å². The summed E-state index contributed by atoms with van der Waals surface area (Å²) in [5.74, 6) is 0.266. The molecule has 0 radical (unpaired) electrons. The molecule has 0 aliphatic heterocycles. The number of hydrogen-bond acceptors (Lipinski definition) is 1. The Bertz CT molecular complexity index is 246. The third kappa shape index (κ3) is 2.86. The molecule has 0 spiro atoms. The minimum absolute atomic E-state index is 0.266. The Morgan fingerprint density at radius 2 is 1.92 bits per heavy atom. The van der Waals surface area contributed by atoms with Gasteiger partial charge in [-0.05, 0) is 25.8 Å². The molecule has 1 nitrogen and oxygen atoms in total. The van der Waals surface area contributed by atoms with Crippen molar-refractivity contribution >= 4 is 5.71 Å². The van der Waals surface area contributed by atoms with Crippen LogP contribution in [0.25, 0.3) is 0 Å². The van der Waals surface area contributed by atoms with Crippen molar-refractivity contribution < 1.29 is 13.2 Å². The fourth-order valence-electron chi connectivity index (χ4n) is 1.05. The summed E-state index contributed by atoms with van der Waals surface area (Å²) in [6.07, 6.45) is -1.13. The third-order valence-electron chi connectivity index (χ3n) is 2.07. The van der Waals surface area contributed by atoms with E-state index in [1.807, 2.05) is 0 Å². The largest absolute Gasteiger partial charge is 0.412 e. The summed E-state index contributed by atoms with van der Waals surface area (Å²) in [6, 6.07) is 0. The van der Waals surface area contributed by atoms with Crippen LogP contribution in [0.5, 0.6) is 0 Å². The maximum atomic E-state index is 12.1. The van der Waals surface area contributed by atoms with Crippen molar-refractivity contribution in [1.29, 1.82) is 0 Å². The highest BCUT2D eigenvalue weighted by atomic mass is 19.4. The monoisotopic (exact) mass is 191 g/mol. The maximum Gasteiger partial charge on any atom is 0.412 e. The molecule has 1 aliphatic rings. The molecule has 0 aromatic heterocycles. The summed E-state index contributed by atoms with van der Waals surface area (Å²) in [5.41, 5.74) is 0.00910. The SMILES string of the molecule is CN=C(/C=C(\C)C(F)(F)F)C1CC1. The van der Waals surface area contributed by atoms with Crippen LogP contribution in [0.4, 0.5) is 13.2 Å². The van der Waals surface area contributed by atoms with E-state index < -0.39 is 11.7 Å². The number of alkyl halides is 3. The van der Waals surface area contributed by atoms with Crippen molar-refractivity contribution in [3.05, 3.63) is 11.6 Å². The molecule has 1 aliphatic carbocycles. The van der Waals surface area contributed by atoms with Crippen LogP contribution >= 0.6 is 0 Å². The Morgan fingerprint density at radius 3 is 2.23 bits per heavy atom. The maximum absolute atomic E-state index is 12.1. The van der Waals surface area contributed by atoms with Crippen molar-refractivity contribution in [3.8, 4) is 0 Å². The first-order valence-corrected chi connectivity index (χ1v) is 4.17. The average Bonchev–Trinajstić information content (AvgIpc) is 2.80. The second kappa shape index (κ2) is 3.52. The molecule has 1 fully saturated rings. The molecule has 0 saturated heterocycles. The van der Waals surface area contributed by atoms with Crippen LogP contribution in [0.1, 0.15) is 19.8 Å². The van der Waals surface area contributed by atoms with Gasteiger partial charge >= 0.3 is 6.18 Å². The summed E-state index contributed by atoms with van der Waals surface area (Å²) in [6.45, 7) is 1.08. The smallest absolute Gasteiger partial charge is 0.293 e. The Labute approximate surface area is 75.4 Å². The molecule has 74 valence electrons. The molecular formula is C9H12F3N. The number of rotatable bonds is 2. The minimum Gasteiger partial charge on any atom is -0.293 e. The predicted octanol–water partition coefficient (Wildman–Crippen LogP) is 2.98. The zero-order valence-corrected chi connectivity index (χ0v) is 7.65. The van der Waals surface area contributed by atoms with E-state index >= 15 is 0 Å². The van der Waals surface area contributed by atoms with Gasteiger partial charge in [-0.1, -0.05) is 0 Å². The summed E-state index contributed by atoms with van der Waals surface area (Å²) < 4.78 is 36.3. The van der Waals surface area contributed by atoms with Crippen LogP contribution in [-0.4, -0.2) is 18.9 Å². The Balaban J connectivity index is 2.73. The Kier molecular flexibility index (Phi) is 2.78. The van der Waals surface area contributed by atoms with Gasteiger partial charge in [0.15, 0.2) is 0 Å². The van der Waals surface area contributed by atoms with Crippen LogP contribution in [0.15, 0.2) is 16.6 Å². The summed E-state index contributed by atoms with van der Waals surface area (Å²) in [5, 5.41) is 0. The van der Waals surface area contributed by atoms with Gasteiger partial charge in [0, 0.05) is 24.3 Å². The minimum atomic E-state index is -4.22. The van der Waals surface area contributed by atoms with Gasteiger partial charge in [0.2, 0.25) is 0 Å². The van der Waals surface area contributed by atoms with Gasteiger partial charge < -0.3 is 0 Å². The van der Waals surface area contributed by atoms with Gasteiger partial charge in [0.05, 0.1) is 0 Å². The Hall–Kier alpha value is -0.800. The summed E-state index contributed by atoms with van der Waals surface area (Å²) in [4.78, 5) is 3.84. The fraction of sp³-hybridized carbons (Fsp3) is 0.667. The van der Waals surface area contributed by atoms with E-state index in [0.717, 1.165) is 25.8 Å². The number of aliphatic imine (C=N–C) groups is 1. The van der Waals surface area contributed by atoms with Gasteiger partial charge in [-0.2, -0.15) is 13.2 Å². The van der Waals surface area contributed by atoms with Crippen molar-refractivity contribution in [2.24, 2.45) is 10.9 Å². The van der Waals surface area contributed by atoms with Crippen LogP contribution in [0.2, 0.25) is 0 Å². The third-order valence-corrected chi connectivity index (χ3v) is 2.07. The van der Waals surface area contributed by atoms with Gasteiger partial charge in [0.25, 0.3) is 0 Å². The molecule has 0 amide bonds. The highest BCUT2D eigenvalue weighted by Crippen LogP contribution is 2.33. The zero-order chi connectivity index (χ0) is 10.1. The first kappa shape index (κ1) is 10.3. The summed E-state index contributed by atoms with van der Waals surface area (Å²) in [7, 11) is 1.54. The standard InChI is InChI=1S/C9H12F3N/c1-6(9(10,11)12)5-8(13-2)7-3-4-7/h5,7H,3-4H2,1-2H3/b6-5+,13-8?. The van der Waals surface area contributed by atoms with Gasteiger partial charge in [-0.25, -0.2) is 0 Å². The predicted molar refractivity (Wildman–Crippen MR) is 45.9 cm³/mol. The molecule has 0 bridgehead atoms. The molecular weight excluding hydrogens is 179 g/mol. The van der Waals surface area contributed by atoms with Crippen LogP contribution in [0.3, 0.4) is 0 Å². The molecule has 0 aromatic carbocycles. The molecule has 4 heteroatoms. The molecule has 0 atom stereocenters. The van der Waals surface area contributed by atoms with Gasteiger partial charge in [0.1, 0.15) is 0 Å². The molecule has 0 aromatic rings. The lowest BCUT2D eigenvalue weighted by Gasteiger charge is -2.06.